The number of thiazole rings is 1. The monoisotopic (exact) mass is 274 g/mol. The number of nitrogens with two attached hydrogens (primary N) is 1. The number of primary amides is 1. The molecule has 2 rings (SSSR count). The van der Waals surface area contributed by atoms with Gasteiger partial charge in [-0.2, -0.15) is 0 Å². The Morgan fingerprint density at radius 2 is 2.16 bits per heavy atom. The molecular formula is C14H14N2O2S. The first-order valence-electron chi connectivity index (χ1n) is 5.75. The van der Waals surface area contributed by atoms with Gasteiger partial charge in [0.25, 0.3) is 0 Å². The minimum Gasteiger partial charge on any atom is -0.487 e. The number of benzene rings is 1. The smallest absolute Gasteiger partial charge is 0.241 e. The molecule has 0 aliphatic rings. The number of ether oxygens (including phenoxy) is 1. The number of hydrogen-bond donors (Lipinski definition) is 1. The zero-order valence-corrected chi connectivity index (χ0v) is 11.3. The number of carbonyl (C=O) groups excluding carboxylic acids is 1. The van der Waals surface area contributed by atoms with Crippen LogP contribution in [0, 0.1) is 6.92 Å². The lowest BCUT2D eigenvalue weighted by molar-refractivity contribution is -0.113. The molecule has 1 aromatic heterocycles. The summed E-state index contributed by atoms with van der Waals surface area (Å²) in [6, 6.07) is 7.42. The van der Waals surface area contributed by atoms with Crippen molar-refractivity contribution in [1.29, 1.82) is 0 Å². The number of aryl methyl sites for hydroxylation is 1. The van der Waals surface area contributed by atoms with Gasteiger partial charge in [0.1, 0.15) is 12.4 Å². The highest BCUT2D eigenvalue weighted by Crippen LogP contribution is 2.16. The fraction of sp³-hybridized carbons (Fsp3) is 0.143. The molecule has 2 N–H and O–H groups in total. The number of rotatable bonds is 5. The fourth-order valence-electron chi connectivity index (χ4n) is 1.49. The van der Waals surface area contributed by atoms with Crippen LogP contribution in [-0.4, -0.2) is 10.9 Å². The lowest BCUT2D eigenvalue weighted by Gasteiger charge is -2.04. The molecule has 0 spiro atoms. The van der Waals surface area contributed by atoms with Crippen molar-refractivity contribution in [3.8, 4) is 5.75 Å². The second kappa shape index (κ2) is 6.15. The van der Waals surface area contributed by atoms with E-state index in [1.54, 1.807) is 17.4 Å². The Kier molecular flexibility index (Phi) is 4.30. The van der Waals surface area contributed by atoms with Gasteiger partial charge in [-0.3, -0.25) is 4.79 Å². The first-order valence-corrected chi connectivity index (χ1v) is 6.63. The van der Waals surface area contributed by atoms with Crippen LogP contribution in [0.15, 0.2) is 35.7 Å². The van der Waals surface area contributed by atoms with E-state index in [9.17, 15) is 4.79 Å². The van der Waals surface area contributed by atoms with Crippen molar-refractivity contribution in [3.05, 3.63) is 52.0 Å². The number of hydrogen-bond acceptors (Lipinski definition) is 4. The fourth-order valence-corrected chi connectivity index (χ4v) is 2.08. The summed E-state index contributed by atoms with van der Waals surface area (Å²) in [6.07, 6.45) is 2.99. The largest absolute Gasteiger partial charge is 0.487 e. The highest BCUT2D eigenvalue weighted by atomic mass is 32.1. The van der Waals surface area contributed by atoms with Crippen molar-refractivity contribution >= 4 is 23.3 Å². The Bertz CT molecular complexity index is 588. The zero-order valence-electron chi connectivity index (χ0n) is 10.5. The highest BCUT2D eigenvalue weighted by molar-refractivity contribution is 7.09. The zero-order chi connectivity index (χ0) is 13.7. The van der Waals surface area contributed by atoms with E-state index in [1.165, 1.54) is 6.08 Å². The van der Waals surface area contributed by atoms with Gasteiger partial charge in [0.2, 0.25) is 5.91 Å². The average Bonchev–Trinajstić information content (AvgIpc) is 2.81. The molecule has 0 unspecified atom stereocenters. The summed E-state index contributed by atoms with van der Waals surface area (Å²) in [4.78, 5) is 14.9. The highest BCUT2D eigenvalue weighted by Gasteiger charge is 1.99. The lowest BCUT2D eigenvalue weighted by Crippen LogP contribution is -2.05. The molecule has 0 bridgehead atoms. The van der Waals surface area contributed by atoms with Crippen LogP contribution < -0.4 is 10.5 Å². The van der Waals surface area contributed by atoms with Gasteiger partial charge < -0.3 is 10.5 Å². The van der Waals surface area contributed by atoms with E-state index in [0.29, 0.717) is 6.61 Å². The number of amides is 1. The molecule has 4 nitrogen and oxygen atoms in total. The van der Waals surface area contributed by atoms with Crippen LogP contribution in [0.3, 0.4) is 0 Å². The Morgan fingerprint density at radius 3 is 2.74 bits per heavy atom. The second-order valence-electron chi connectivity index (χ2n) is 3.95. The van der Waals surface area contributed by atoms with Gasteiger partial charge in [-0.1, -0.05) is 12.1 Å². The van der Waals surface area contributed by atoms with Crippen LogP contribution in [-0.2, 0) is 11.4 Å². The Morgan fingerprint density at radius 1 is 1.42 bits per heavy atom. The third-order valence-corrected chi connectivity index (χ3v) is 3.20. The summed E-state index contributed by atoms with van der Waals surface area (Å²) >= 11 is 1.61. The molecule has 0 atom stereocenters. The first-order chi connectivity index (χ1) is 9.13. The van der Waals surface area contributed by atoms with Gasteiger partial charge >= 0.3 is 0 Å². The van der Waals surface area contributed by atoms with E-state index in [1.807, 2.05) is 36.6 Å². The molecule has 0 radical (unpaired) electrons. The summed E-state index contributed by atoms with van der Waals surface area (Å²) in [5.74, 6) is 0.307. The van der Waals surface area contributed by atoms with E-state index in [0.717, 1.165) is 22.0 Å². The van der Waals surface area contributed by atoms with E-state index >= 15 is 0 Å². The molecule has 5 heteroatoms. The van der Waals surface area contributed by atoms with Gasteiger partial charge in [-0.15, -0.1) is 11.3 Å². The molecule has 98 valence electrons. The Balaban J connectivity index is 1.93. The molecule has 0 fully saturated rings. The maximum absolute atomic E-state index is 10.6. The van der Waals surface area contributed by atoms with Crippen molar-refractivity contribution in [1.82, 2.24) is 4.98 Å². The van der Waals surface area contributed by atoms with Gasteiger partial charge in [0.05, 0.1) is 10.7 Å². The van der Waals surface area contributed by atoms with E-state index in [-0.39, 0.29) is 0 Å². The molecule has 0 saturated heterocycles. The molecule has 19 heavy (non-hydrogen) atoms. The van der Waals surface area contributed by atoms with Crippen LogP contribution in [0.25, 0.3) is 6.08 Å². The Labute approximate surface area is 115 Å². The maximum atomic E-state index is 10.6. The second-order valence-corrected chi connectivity index (χ2v) is 5.01. The third-order valence-electron chi connectivity index (χ3n) is 2.37. The van der Waals surface area contributed by atoms with Crippen molar-refractivity contribution in [3.63, 3.8) is 0 Å². The van der Waals surface area contributed by atoms with Gasteiger partial charge in [0.15, 0.2) is 0 Å². The topological polar surface area (TPSA) is 65.2 Å². The number of nitrogens with zero attached hydrogens (tertiary/aromatic N) is 1. The van der Waals surface area contributed by atoms with Crippen molar-refractivity contribution < 1.29 is 9.53 Å². The molecule has 0 aliphatic carbocycles. The molecule has 2 aromatic rings. The Hall–Kier alpha value is -2.14. The molecule has 1 heterocycles. The summed E-state index contributed by atoms with van der Waals surface area (Å²) in [7, 11) is 0. The predicted molar refractivity (Wildman–Crippen MR) is 75.9 cm³/mol. The summed E-state index contributed by atoms with van der Waals surface area (Å²) in [5.41, 5.74) is 6.86. The van der Waals surface area contributed by atoms with Gasteiger partial charge in [0, 0.05) is 11.5 Å². The third kappa shape index (κ3) is 4.22. The van der Waals surface area contributed by atoms with Crippen molar-refractivity contribution in [2.45, 2.75) is 13.5 Å². The summed E-state index contributed by atoms with van der Waals surface area (Å²) in [5, 5.41) is 3.02. The minimum atomic E-state index is -0.459. The van der Waals surface area contributed by atoms with Crippen LogP contribution in [0.1, 0.15) is 16.3 Å². The minimum absolute atomic E-state index is 0.459. The normalized spacial score (nSPS) is 10.8. The van der Waals surface area contributed by atoms with Crippen molar-refractivity contribution in [2.75, 3.05) is 0 Å². The molecular weight excluding hydrogens is 260 g/mol. The summed E-state index contributed by atoms with van der Waals surface area (Å²) < 4.78 is 5.61. The first kappa shape index (κ1) is 13.3. The molecule has 0 aliphatic heterocycles. The van der Waals surface area contributed by atoms with Crippen molar-refractivity contribution in [2.24, 2.45) is 5.73 Å². The van der Waals surface area contributed by atoms with Crippen LogP contribution in [0.4, 0.5) is 0 Å². The van der Waals surface area contributed by atoms with Gasteiger partial charge in [-0.25, -0.2) is 4.98 Å². The average molecular weight is 274 g/mol. The standard InChI is InChI=1S/C14H14N2O2S/c1-10-16-12(9-19-10)8-18-13-5-2-11(3-6-13)4-7-14(15)17/h2-7,9H,8H2,1H3,(H2,15,17)/b7-4+. The summed E-state index contributed by atoms with van der Waals surface area (Å²) in [6.45, 7) is 2.43. The number of aromatic nitrogens is 1. The number of carbonyl (C=O) groups is 1. The van der Waals surface area contributed by atoms with Gasteiger partial charge in [-0.05, 0) is 30.7 Å². The van der Waals surface area contributed by atoms with E-state index in [2.05, 4.69) is 4.98 Å². The maximum Gasteiger partial charge on any atom is 0.241 e. The van der Waals surface area contributed by atoms with Crippen LogP contribution in [0.2, 0.25) is 0 Å². The van der Waals surface area contributed by atoms with E-state index < -0.39 is 5.91 Å². The molecule has 1 aromatic carbocycles. The quantitative estimate of drug-likeness (QED) is 0.852. The predicted octanol–water partition coefficient (Wildman–Crippen LogP) is 2.53. The van der Waals surface area contributed by atoms with Crippen LogP contribution >= 0.6 is 11.3 Å². The molecule has 1 amide bonds. The van der Waals surface area contributed by atoms with E-state index in [4.69, 9.17) is 10.5 Å². The SMILES string of the molecule is Cc1nc(COc2ccc(/C=C/C(N)=O)cc2)cs1. The lowest BCUT2D eigenvalue weighted by atomic mass is 10.2. The molecule has 0 saturated carbocycles. The van der Waals surface area contributed by atoms with Crippen LogP contribution in [0.5, 0.6) is 5.75 Å².